The predicted molar refractivity (Wildman–Crippen MR) is 66.9 cm³/mol. The van der Waals surface area contributed by atoms with E-state index >= 15 is 0 Å². The Morgan fingerprint density at radius 3 is 2.53 bits per heavy atom. The van der Waals surface area contributed by atoms with Crippen LogP contribution in [0.2, 0.25) is 0 Å². The zero-order chi connectivity index (χ0) is 11.1. The highest BCUT2D eigenvalue weighted by atomic mass is 14.9. The highest BCUT2D eigenvalue weighted by Gasteiger charge is 2.07. The highest BCUT2D eigenvalue weighted by molar-refractivity contribution is 5.18. The number of nitrogens with one attached hydrogen (secondary N) is 1. The first kappa shape index (κ1) is 12.0. The van der Waals surface area contributed by atoms with Crippen LogP contribution in [0.4, 0.5) is 0 Å². The molecule has 0 aromatic heterocycles. The van der Waals surface area contributed by atoms with Gasteiger partial charge < -0.3 is 5.32 Å². The molecule has 0 fully saturated rings. The third kappa shape index (κ3) is 4.30. The zero-order valence-corrected chi connectivity index (χ0v) is 9.74. The molecule has 0 bridgehead atoms. The van der Waals surface area contributed by atoms with Gasteiger partial charge in [-0.1, -0.05) is 36.4 Å². The number of rotatable bonds is 6. The summed E-state index contributed by atoms with van der Waals surface area (Å²) in [5.74, 6) is 0. The maximum atomic E-state index is 3.74. The molecule has 1 aromatic carbocycles. The van der Waals surface area contributed by atoms with Gasteiger partial charge in [0.25, 0.3) is 0 Å². The van der Waals surface area contributed by atoms with Crippen LogP contribution in [0.3, 0.4) is 0 Å². The van der Waals surface area contributed by atoms with Crippen molar-refractivity contribution in [3.05, 3.63) is 48.6 Å². The van der Waals surface area contributed by atoms with E-state index in [9.17, 15) is 0 Å². The van der Waals surface area contributed by atoms with Gasteiger partial charge in [-0.3, -0.25) is 0 Å². The minimum Gasteiger partial charge on any atom is -0.308 e. The van der Waals surface area contributed by atoms with Crippen LogP contribution in [0.5, 0.6) is 0 Å². The van der Waals surface area contributed by atoms with Crippen molar-refractivity contribution in [1.82, 2.24) is 5.32 Å². The molecule has 2 atom stereocenters. The molecule has 1 nitrogen and oxygen atoms in total. The van der Waals surface area contributed by atoms with Gasteiger partial charge in [0.2, 0.25) is 0 Å². The van der Waals surface area contributed by atoms with E-state index in [2.05, 4.69) is 56.1 Å². The first-order chi connectivity index (χ1) is 7.24. The van der Waals surface area contributed by atoms with Gasteiger partial charge >= 0.3 is 0 Å². The lowest BCUT2D eigenvalue weighted by atomic mass is 10.1. The van der Waals surface area contributed by atoms with E-state index in [-0.39, 0.29) is 0 Å². The predicted octanol–water partition coefficient (Wildman–Crippen LogP) is 3.69. The topological polar surface area (TPSA) is 12.0 Å². The number of allylic oxidation sites excluding steroid dienone is 1. The van der Waals surface area contributed by atoms with Gasteiger partial charge in [0, 0.05) is 12.1 Å². The molecule has 0 aliphatic rings. The van der Waals surface area contributed by atoms with E-state index in [1.54, 1.807) is 0 Å². The normalized spacial score (nSPS) is 14.5. The van der Waals surface area contributed by atoms with Crippen molar-refractivity contribution in [1.29, 1.82) is 0 Å². The van der Waals surface area contributed by atoms with Gasteiger partial charge in [0.05, 0.1) is 0 Å². The van der Waals surface area contributed by atoms with Crippen molar-refractivity contribution in [2.75, 3.05) is 0 Å². The van der Waals surface area contributed by atoms with E-state index in [4.69, 9.17) is 0 Å². The molecule has 1 rings (SSSR count). The first-order valence-electron chi connectivity index (χ1n) is 5.66. The number of hydrogen-bond donors (Lipinski definition) is 1. The Morgan fingerprint density at radius 2 is 1.93 bits per heavy atom. The fraction of sp³-hybridized carbons (Fsp3) is 0.429. The molecule has 1 heteroatoms. The fourth-order valence-corrected chi connectivity index (χ4v) is 1.72. The molecule has 15 heavy (non-hydrogen) atoms. The molecular weight excluding hydrogens is 182 g/mol. The monoisotopic (exact) mass is 203 g/mol. The molecule has 1 N–H and O–H groups in total. The van der Waals surface area contributed by atoms with Gasteiger partial charge in [0.1, 0.15) is 0 Å². The van der Waals surface area contributed by atoms with Crippen molar-refractivity contribution >= 4 is 0 Å². The first-order valence-corrected chi connectivity index (χ1v) is 5.66. The molecular formula is C14H21N. The van der Waals surface area contributed by atoms with Crippen LogP contribution in [0.1, 0.15) is 38.3 Å². The average Bonchev–Trinajstić information content (AvgIpc) is 2.27. The third-order valence-electron chi connectivity index (χ3n) is 2.64. The van der Waals surface area contributed by atoms with E-state index in [0.717, 1.165) is 12.8 Å². The van der Waals surface area contributed by atoms with Gasteiger partial charge in [-0.15, -0.1) is 6.58 Å². The second-order valence-corrected chi connectivity index (χ2v) is 4.07. The van der Waals surface area contributed by atoms with Crippen molar-refractivity contribution in [3.8, 4) is 0 Å². The minimum absolute atomic E-state index is 0.422. The van der Waals surface area contributed by atoms with Crippen molar-refractivity contribution in [2.45, 2.75) is 38.8 Å². The van der Waals surface area contributed by atoms with Crippen LogP contribution >= 0.6 is 0 Å². The maximum absolute atomic E-state index is 3.74. The molecule has 0 heterocycles. The Morgan fingerprint density at radius 1 is 1.27 bits per heavy atom. The maximum Gasteiger partial charge on any atom is 0.0294 e. The van der Waals surface area contributed by atoms with Crippen molar-refractivity contribution < 1.29 is 0 Å². The molecule has 0 amide bonds. The van der Waals surface area contributed by atoms with Crippen LogP contribution in [-0.2, 0) is 0 Å². The van der Waals surface area contributed by atoms with E-state index in [1.165, 1.54) is 5.56 Å². The summed E-state index contributed by atoms with van der Waals surface area (Å²) in [5.41, 5.74) is 1.35. The second kappa shape index (κ2) is 6.41. The summed E-state index contributed by atoms with van der Waals surface area (Å²) in [4.78, 5) is 0. The standard InChI is InChI=1S/C14H21N/c1-4-5-9-12(2)15-13(3)14-10-7-6-8-11-14/h4,6-8,10-13,15H,1,5,9H2,2-3H3/t12?,13-/m1/s1. The minimum atomic E-state index is 0.422. The average molecular weight is 203 g/mol. The molecule has 0 radical (unpaired) electrons. The van der Waals surface area contributed by atoms with E-state index < -0.39 is 0 Å². The smallest absolute Gasteiger partial charge is 0.0294 e. The molecule has 82 valence electrons. The summed E-state index contributed by atoms with van der Waals surface area (Å²) in [6.07, 6.45) is 4.21. The van der Waals surface area contributed by atoms with Gasteiger partial charge in [0.15, 0.2) is 0 Å². The van der Waals surface area contributed by atoms with Crippen molar-refractivity contribution in [2.24, 2.45) is 0 Å². The molecule has 0 saturated carbocycles. The summed E-state index contributed by atoms with van der Waals surface area (Å²) >= 11 is 0. The quantitative estimate of drug-likeness (QED) is 0.695. The molecule has 1 aromatic rings. The SMILES string of the molecule is C=CCCC(C)N[C@H](C)c1ccccc1. The number of benzene rings is 1. The highest BCUT2D eigenvalue weighted by Crippen LogP contribution is 2.13. The fourth-order valence-electron chi connectivity index (χ4n) is 1.72. The lowest BCUT2D eigenvalue weighted by Gasteiger charge is -2.19. The Hall–Kier alpha value is -1.08. The summed E-state index contributed by atoms with van der Waals surface area (Å²) < 4.78 is 0. The van der Waals surface area contributed by atoms with Crippen LogP contribution in [-0.4, -0.2) is 6.04 Å². The summed E-state index contributed by atoms with van der Waals surface area (Å²) in [5, 5.41) is 3.58. The number of hydrogen-bond acceptors (Lipinski definition) is 1. The van der Waals surface area contributed by atoms with Gasteiger partial charge in [-0.05, 0) is 32.3 Å². The third-order valence-corrected chi connectivity index (χ3v) is 2.64. The lowest BCUT2D eigenvalue weighted by molar-refractivity contribution is 0.459. The summed E-state index contributed by atoms with van der Waals surface area (Å²) in [6, 6.07) is 11.5. The molecule has 0 saturated heterocycles. The summed E-state index contributed by atoms with van der Waals surface area (Å²) in [6.45, 7) is 8.18. The van der Waals surface area contributed by atoms with Crippen LogP contribution in [0.25, 0.3) is 0 Å². The Balaban J connectivity index is 2.41. The Bertz CT molecular complexity index is 279. The van der Waals surface area contributed by atoms with Gasteiger partial charge in [-0.25, -0.2) is 0 Å². The van der Waals surface area contributed by atoms with E-state index in [1.807, 2.05) is 6.08 Å². The van der Waals surface area contributed by atoms with Crippen LogP contribution in [0, 0.1) is 0 Å². The van der Waals surface area contributed by atoms with Crippen molar-refractivity contribution in [3.63, 3.8) is 0 Å². The molecule has 1 unspecified atom stereocenters. The lowest BCUT2D eigenvalue weighted by Crippen LogP contribution is -2.28. The second-order valence-electron chi connectivity index (χ2n) is 4.07. The Kier molecular flexibility index (Phi) is 5.13. The van der Waals surface area contributed by atoms with E-state index in [0.29, 0.717) is 12.1 Å². The zero-order valence-electron chi connectivity index (χ0n) is 9.74. The molecule has 0 aliphatic carbocycles. The largest absolute Gasteiger partial charge is 0.308 e. The van der Waals surface area contributed by atoms with Crippen LogP contribution in [0.15, 0.2) is 43.0 Å². The molecule has 0 spiro atoms. The summed E-state index contributed by atoms with van der Waals surface area (Å²) in [7, 11) is 0. The molecule has 0 aliphatic heterocycles. The van der Waals surface area contributed by atoms with Gasteiger partial charge in [-0.2, -0.15) is 0 Å². The Labute approximate surface area is 93.2 Å². The van der Waals surface area contributed by atoms with Crippen LogP contribution < -0.4 is 5.32 Å².